The Morgan fingerprint density at radius 2 is 1.96 bits per heavy atom. The summed E-state index contributed by atoms with van der Waals surface area (Å²) < 4.78 is 28.9. The Balaban J connectivity index is 2.36. The van der Waals surface area contributed by atoms with E-state index in [1.54, 1.807) is 13.0 Å². The maximum Gasteiger partial charge on any atom is 0.364 e. The lowest BCUT2D eigenvalue weighted by Gasteiger charge is -2.09. The number of carbonyl (C=O) groups excluding carboxylic acids is 2. The number of nitrogens with zero attached hydrogens (tertiary/aromatic N) is 2. The lowest BCUT2D eigenvalue weighted by molar-refractivity contribution is 0.0726. The van der Waals surface area contributed by atoms with Crippen molar-refractivity contribution in [3.63, 3.8) is 0 Å². The number of carbonyl (C=O) groups is 2. The van der Waals surface area contributed by atoms with Crippen molar-refractivity contribution in [1.82, 2.24) is 9.97 Å². The summed E-state index contributed by atoms with van der Waals surface area (Å²) in [4.78, 5) is 31.0. The molecule has 132 valence electrons. The molecule has 1 aromatic carbocycles. The van der Waals surface area contributed by atoms with Crippen LogP contribution < -0.4 is 4.74 Å². The molecular formula is C16H15ClN2O5S. The first-order valence-corrected chi connectivity index (χ1v) is 9.27. The zero-order chi connectivity index (χ0) is 18.8. The van der Waals surface area contributed by atoms with Gasteiger partial charge in [-0.25, -0.2) is 23.2 Å². The van der Waals surface area contributed by atoms with Gasteiger partial charge in [0.05, 0.1) is 17.0 Å². The largest absolute Gasteiger partial charge is 0.421 e. The number of aromatic nitrogens is 2. The van der Waals surface area contributed by atoms with Crippen LogP contribution in [-0.4, -0.2) is 35.9 Å². The molecule has 0 bridgehead atoms. The van der Waals surface area contributed by atoms with E-state index >= 15 is 0 Å². The van der Waals surface area contributed by atoms with Gasteiger partial charge in [-0.1, -0.05) is 18.5 Å². The summed E-state index contributed by atoms with van der Waals surface area (Å²) in [6.07, 6.45) is 1.04. The van der Waals surface area contributed by atoms with Gasteiger partial charge >= 0.3 is 5.97 Å². The van der Waals surface area contributed by atoms with Crippen molar-refractivity contribution in [2.45, 2.75) is 25.9 Å². The van der Waals surface area contributed by atoms with Gasteiger partial charge in [-0.3, -0.25) is 4.79 Å². The van der Waals surface area contributed by atoms with Crippen LogP contribution in [0.2, 0.25) is 5.02 Å². The molecular weight excluding hydrogens is 368 g/mol. The summed E-state index contributed by atoms with van der Waals surface area (Å²) in [6.45, 7) is 4.53. The van der Waals surface area contributed by atoms with E-state index in [0.29, 0.717) is 11.1 Å². The summed E-state index contributed by atoms with van der Waals surface area (Å²) in [7, 11) is -3.69. The van der Waals surface area contributed by atoms with Crippen LogP contribution in [0.15, 0.2) is 29.6 Å². The fourth-order valence-corrected chi connectivity index (χ4v) is 2.77. The number of benzene rings is 1. The van der Waals surface area contributed by atoms with E-state index in [4.69, 9.17) is 16.3 Å². The fraction of sp³-hybridized carbons (Fsp3) is 0.250. The van der Waals surface area contributed by atoms with Crippen LogP contribution in [0.4, 0.5) is 0 Å². The van der Waals surface area contributed by atoms with E-state index in [1.807, 2.05) is 0 Å². The third-order valence-electron chi connectivity index (χ3n) is 3.36. The van der Waals surface area contributed by atoms with Crippen molar-refractivity contribution >= 4 is 33.2 Å². The average molecular weight is 383 g/mol. The second kappa shape index (κ2) is 7.28. The predicted octanol–water partition coefficient (Wildman–Crippen LogP) is 2.65. The number of hydrogen-bond acceptors (Lipinski definition) is 7. The molecule has 0 atom stereocenters. The van der Waals surface area contributed by atoms with Gasteiger partial charge in [-0.2, -0.15) is 0 Å². The minimum absolute atomic E-state index is 0.116. The number of sulfone groups is 1. The van der Waals surface area contributed by atoms with Gasteiger partial charge in [0, 0.05) is 5.56 Å². The summed E-state index contributed by atoms with van der Waals surface area (Å²) in [5, 5.41) is -0.618. The second-order valence-electron chi connectivity index (χ2n) is 5.18. The second-order valence-corrected chi connectivity index (χ2v) is 7.76. The first kappa shape index (κ1) is 19.0. The number of aryl methyl sites for hydroxylation is 1. The molecule has 7 nitrogen and oxygen atoms in total. The highest BCUT2D eigenvalue weighted by molar-refractivity contribution is 7.91. The first-order chi connectivity index (χ1) is 11.7. The van der Waals surface area contributed by atoms with Crippen molar-refractivity contribution in [1.29, 1.82) is 0 Å². The maximum atomic E-state index is 12.3. The predicted molar refractivity (Wildman–Crippen MR) is 90.9 cm³/mol. The first-order valence-electron chi connectivity index (χ1n) is 7.24. The van der Waals surface area contributed by atoms with Crippen LogP contribution in [0.5, 0.6) is 5.75 Å². The van der Waals surface area contributed by atoms with Gasteiger partial charge in [0.1, 0.15) is 5.75 Å². The molecule has 0 unspecified atom stereocenters. The number of hydrogen-bond donors (Lipinski definition) is 0. The Morgan fingerprint density at radius 3 is 2.52 bits per heavy atom. The van der Waals surface area contributed by atoms with Crippen molar-refractivity contribution in [3.05, 3.63) is 46.2 Å². The molecule has 0 radical (unpaired) electrons. The SMILES string of the molecule is CCS(=O)(=O)c1ncc(Cl)c(C(=O)Oc2ccc(C(C)=O)cc2C)n1. The lowest BCUT2D eigenvalue weighted by atomic mass is 10.1. The van der Waals surface area contributed by atoms with Gasteiger partial charge in [0.25, 0.3) is 0 Å². The van der Waals surface area contributed by atoms with Crippen molar-refractivity contribution < 1.29 is 22.7 Å². The van der Waals surface area contributed by atoms with E-state index in [1.165, 1.54) is 26.0 Å². The minimum atomic E-state index is -3.69. The highest BCUT2D eigenvalue weighted by atomic mass is 35.5. The molecule has 0 spiro atoms. The van der Waals surface area contributed by atoms with E-state index in [-0.39, 0.29) is 28.0 Å². The summed E-state index contributed by atoms with van der Waals surface area (Å²) in [5.41, 5.74) is 0.695. The molecule has 2 aromatic rings. The Labute approximate surface area is 149 Å². The zero-order valence-electron chi connectivity index (χ0n) is 13.7. The number of ketones is 1. The highest BCUT2D eigenvalue weighted by Crippen LogP contribution is 2.22. The molecule has 25 heavy (non-hydrogen) atoms. The van der Waals surface area contributed by atoms with E-state index in [9.17, 15) is 18.0 Å². The van der Waals surface area contributed by atoms with Gasteiger partial charge < -0.3 is 4.74 Å². The molecule has 0 amide bonds. The highest BCUT2D eigenvalue weighted by Gasteiger charge is 2.22. The maximum absolute atomic E-state index is 12.3. The van der Waals surface area contributed by atoms with Gasteiger partial charge in [0.15, 0.2) is 11.5 Å². The topological polar surface area (TPSA) is 103 Å². The molecule has 0 saturated carbocycles. The molecule has 1 aromatic heterocycles. The standard InChI is InChI=1S/C16H15ClN2O5S/c1-4-25(22,23)16-18-8-12(17)14(19-16)15(21)24-13-6-5-11(10(3)20)7-9(13)2/h5-8H,4H2,1-3H3. The molecule has 0 N–H and O–H groups in total. The zero-order valence-corrected chi connectivity index (χ0v) is 15.3. The quantitative estimate of drug-likeness (QED) is 0.339. The smallest absolute Gasteiger partial charge is 0.364 e. The van der Waals surface area contributed by atoms with E-state index in [0.717, 1.165) is 6.20 Å². The number of ether oxygens (including phenoxy) is 1. The van der Waals surface area contributed by atoms with Crippen LogP contribution in [-0.2, 0) is 9.84 Å². The van der Waals surface area contributed by atoms with Crippen LogP contribution >= 0.6 is 11.6 Å². The van der Waals surface area contributed by atoms with Gasteiger partial charge in [-0.05, 0) is 37.6 Å². The average Bonchev–Trinajstić information content (AvgIpc) is 2.56. The van der Waals surface area contributed by atoms with Crippen molar-refractivity contribution in [2.24, 2.45) is 0 Å². The summed E-state index contributed by atoms with van der Waals surface area (Å²) in [6, 6.07) is 4.58. The number of Topliss-reactive ketones (excluding diaryl/α,β-unsaturated/α-hetero) is 1. The Hall–Kier alpha value is -2.32. The van der Waals surface area contributed by atoms with Crippen LogP contribution in [0.25, 0.3) is 0 Å². The molecule has 0 fully saturated rings. The number of rotatable bonds is 5. The van der Waals surface area contributed by atoms with E-state index in [2.05, 4.69) is 9.97 Å². The lowest BCUT2D eigenvalue weighted by Crippen LogP contribution is -2.16. The van der Waals surface area contributed by atoms with Crippen LogP contribution in [0.1, 0.15) is 40.3 Å². The van der Waals surface area contributed by atoms with Gasteiger partial charge in [0.2, 0.25) is 15.0 Å². The van der Waals surface area contributed by atoms with Gasteiger partial charge in [-0.15, -0.1) is 0 Å². The molecule has 1 heterocycles. The summed E-state index contributed by atoms with van der Waals surface area (Å²) >= 11 is 5.89. The number of esters is 1. The third-order valence-corrected chi connectivity index (χ3v) is 5.15. The Kier molecular flexibility index (Phi) is 5.54. The molecule has 2 rings (SSSR count). The monoisotopic (exact) mass is 382 g/mol. The Bertz CT molecular complexity index is 957. The number of halogens is 1. The van der Waals surface area contributed by atoms with Crippen molar-refractivity contribution in [2.75, 3.05) is 5.75 Å². The normalized spacial score (nSPS) is 11.2. The van der Waals surface area contributed by atoms with E-state index < -0.39 is 21.0 Å². The van der Waals surface area contributed by atoms with Crippen LogP contribution in [0.3, 0.4) is 0 Å². The Morgan fingerprint density at radius 1 is 1.28 bits per heavy atom. The van der Waals surface area contributed by atoms with Crippen LogP contribution in [0, 0.1) is 6.92 Å². The minimum Gasteiger partial charge on any atom is -0.421 e. The summed E-state index contributed by atoms with van der Waals surface area (Å²) in [5.74, 6) is -1.04. The molecule has 0 aliphatic rings. The molecule has 9 heteroatoms. The molecule has 0 saturated heterocycles. The van der Waals surface area contributed by atoms with Crippen molar-refractivity contribution in [3.8, 4) is 5.75 Å². The molecule has 0 aliphatic carbocycles. The third kappa shape index (κ3) is 4.21. The molecule has 0 aliphatic heterocycles. The fourth-order valence-electron chi connectivity index (χ4n) is 1.90.